The summed E-state index contributed by atoms with van der Waals surface area (Å²) in [4.78, 5) is 0.249. The third-order valence-corrected chi connectivity index (χ3v) is 6.58. The third-order valence-electron chi connectivity index (χ3n) is 3.31. The molecule has 0 heterocycles. The molecule has 4 nitrogen and oxygen atoms in total. The molecule has 118 valence electrons. The molecule has 1 aliphatic rings. The Morgan fingerprint density at radius 2 is 2.00 bits per heavy atom. The van der Waals surface area contributed by atoms with Crippen LogP contribution in [-0.2, 0) is 14.8 Å². The first-order chi connectivity index (χ1) is 9.90. The van der Waals surface area contributed by atoms with E-state index in [-0.39, 0.29) is 4.90 Å². The fraction of sp³-hybridized carbons (Fsp3) is 0.571. The van der Waals surface area contributed by atoms with Crippen LogP contribution in [0.15, 0.2) is 26.0 Å². The fourth-order valence-corrected chi connectivity index (χ4v) is 4.58. The van der Waals surface area contributed by atoms with Crippen LogP contribution in [0.1, 0.15) is 24.8 Å². The fourth-order valence-electron chi connectivity index (χ4n) is 1.83. The number of rotatable bonds is 8. The van der Waals surface area contributed by atoms with Crippen molar-refractivity contribution in [2.75, 3.05) is 19.8 Å². The Balaban J connectivity index is 1.84. The van der Waals surface area contributed by atoms with E-state index in [9.17, 15) is 8.42 Å². The zero-order valence-corrected chi connectivity index (χ0v) is 15.9. The van der Waals surface area contributed by atoms with Gasteiger partial charge in [-0.2, -0.15) is 0 Å². The van der Waals surface area contributed by atoms with Crippen LogP contribution in [0.5, 0.6) is 0 Å². The van der Waals surface area contributed by atoms with E-state index in [0.29, 0.717) is 24.0 Å². The van der Waals surface area contributed by atoms with Crippen molar-refractivity contribution in [3.63, 3.8) is 0 Å². The van der Waals surface area contributed by atoms with E-state index in [4.69, 9.17) is 4.74 Å². The Morgan fingerprint density at radius 1 is 1.29 bits per heavy atom. The highest BCUT2D eigenvalue weighted by Crippen LogP contribution is 2.29. The predicted molar refractivity (Wildman–Crippen MR) is 89.9 cm³/mol. The molecule has 0 unspecified atom stereocenters. The minimum atomic E-state index is -3.50. The normalized spacial score (nSPS) is 15.4. The molecular weight excluding hydrogens is 422 g/mol. The highest BCUT2D eigenvalue weighted by Gasteiger charge is 2.21. The van der Waals surface area contributed by atoms with Crippen molar-refractivity contribution in [2.45, 2.75) is 31.1 Å². The standard InChI is InChI=1S/C14H19Br2NO3S/c1-10-7-13(16)14(8-12(10)15)21(18,19)17-5-2-6-20-9-11-3-4-11/h7-8,11,17H,2-6,9H2,1H3. The van der Waals surface area contributed by atoms with Crippen LogP contribution in [0.3, 0.4) is 0 Å². The minimum absolute atomic E-state index is 0.249. The number of halogens is 2. The zero-order chi connectivity index (χ0) is 15.5. The summed E-state index contributed by atoms with van der Waals surface area (Å²) in [6.07, 6.45) is 3.21. The largest absolute Gasteiger partial charge is 0.381 e. The molecule has 0 aliphatic heterocycles. The molecule has 0 atom stereocenters. The second-order valence-electron chi connectivity index (χ2n) is 5.30. The van der Waals surface area contributed by atoms with Crippen LogP contribution in [0.25, 0.3) is 0 Å². The first-order valence-electron chi connectivity index (χ1n) is 6.93. The van der Waals surface area contributed by atoms with Gasteiger partial charge in [-0.15, -0.1) is 0 Å². The van der Waals surface area contributed by atoms with E-state index >= 15 is 0 Å². The van der Waals surface area contributed by atoms with Crippen molar-refractivity contribution in [3.8, 4) is 0 Å². The van der Waals surface area contributed by atoms with E-state index < -0.39 is 10.0 Å². The zero-order valence-electron chi connectivity index (χ0n) is 11.9. The van der Waals surface area contributed by atoms with Gasteiger partial charge in [0, 0.05) is 28.7 Å². The van der Waals surface area contributed by atoms with Gasteiger partial charge in [0.15, 0.2) is 0 Å². The number of benzene rings is 1. The van der Waals surface area contributed by atoms with Gasteiger partial charge in [-0.25, -0.2) is 13.1 Å². The maximum absolute atomic E-state index is 12.3. The molecule has 0 saturated heterocycles. The first-order valence-corrected chi connectivity index (χ1v) is 10.00. The number of hydrogen-bond donors (Lipinski definition) is 1. The highest BCUT2D eigenvalue weighted by atomic mass is 79.9. The molecule has 0 bridgehead atoms. The second-order valence-corrected chi connectivity index (χ2v) is 8.75. The summed E-state index contributed by atoms with van der Waals surface area (Å²) in [5, 5.41) is 0. The molecule has 2 rings (SSSR count). The molecule has 1 aromatic rings. The van der Waals surface area contributed by atoms with Gasteiger partial charge in [0.1, 0.15) is 0 Å². The molecule has 21 heavy (non-hydrogen) atoms. The SMILES string of the molecule is Cc1cc(Br)c(S(=O)(=O)NCCCOCC2CC2)cc1Br. The van der Waals surface area contributed by atoms with Crippen molar-refractivity contribution in [3.05, 3.63) is 26.6 Å². The topological polar surface area (TPSA) is 55.4 Å². The van der Waals surface area contributed by atoms with Crippen LogP contribution < -0.4 is 4.72 Å². The van der Waals surface area contributed by atoms with E-state index in [0.717, 1.165) is 22.6 Å². The monoisotopic (exact) mass is 439 g/mol. The minimum Gasteiger partial charge on any atom is -0.381 e. The summed E-state index contributed by atoms with van der Waals surface area (Å²) >= 11 is 6.67. The second kappa shape index (κ2) is 7.55. The number of aryl methyl sites for hydroxylation is 1. The van der Waals surface area contributed by atoms with Crippen molar-refractivity contribution >= 4 is 41.9 Å². The average molecular weight is 441 g/mol. The van der Waals surface area contributed by atoms with Gasteiger partial charge in [-0.3, -0.25) is 0 Å². The molecule has 1 aliphatic carbocycles. The molecule has 1 N–H and O–H groups in total. The van der Waals surface area contributed by atoms with Crippen molar-refractivity contribution < 1.29 is 13.2 Å². The lowest BCUT2D eigenvalue weighted by atomic mass is 10.2. The number of ether oxygens (including phenoxy) is 1. The van der Waals surface area contributed by atoms with Gasteiger partial charge in [0.05, 0.1) is 4.90 Å². The van der Waals surface area contributed by atoms with Crippen molar-refractivity contribution in [2.24, 2.45) is 5.92 Å². The molecule has 7 heteroatoms. The quantitative estimate of drug-likeness (QED) is 0.628. The highest BCUT2D eigenvalue weighted by molar-refractivity contribution is 9.11. The first kappa shape index (κ1) is 17.4. The van der Waals surface area contributed by atoms with Crippen LogP contribution in [0, 0.1) is 12.8 Å². The summed E-state index contributed by atoms with van der Waals surface area (Å²) in [6.45, 7) is 3.70. The van der Waals surface area contributed by atoms with Crippen molar-refractivity contribution in [1.82, 2.24) is 4.72 Å². The smallest absolute Gasteiger partial charge is 0.241 e. The van der Waals surface area contributed by atoms with Crippen LogP contribution in [0.2, 0.25) is 0 Å². The lowest BCUT2D eigenvalue weighted by Crippen LogP contribution is -2.26. The summed E-state index contributed by atoms with van der Waals surface area (Å²) in [6, 6.07) is 3.41. The molecule has 0 radical (unpaired) electrons. The number of hydrogen-bond acceptors (Lipinski definition) is 3. The summed E-state index contributed by atoms with van der Waals surface area (Å²) < 4.78 is 34.0. The number of sulfonamides is 1. The molecule has 1 aromatic carbocycles. The summed E-state index contributed by atoms with van der Waals surface area (Å²) in [5.41, 5.74) is 0.981. The van der Waals surface area contributed by atoms with Crippen LogP contribution in [0.4, 0.5) is 0 Å². The molecule has 0 spiro atoms. The maximum Gasteiger partial charge on any atom is 0.241 e. The lowest BCUT2D eigenvalue weighted by molar-refractivity contribution is 0.123. The molecule has 1 saturated carbocycles. The Bertz CT molecular complexity index is 600. The van der Waals surface area contributed by atoms with Crippen molar-refractivity contribution in [1.29, 1.82) is 0 Å². The van der Waals surface area contributed by atoms with E-state index in [1.165, 1.54) is 12.8 Å². The van der Waals surface area contributed by atoms with Crippen LogP contribution in [-0.4, -0.2) is 28.2 Å². The lowest BCUT2D eigenvalue weighted by Gasteiger charge is -2.10. The molecule has 0 aromatic heterocycles. The van der Waals surface area contributed by atoms with E-state index in [2.05, 4.69) is 36.6 Å². The predicted octanol–water partition coefficient (Wildman–Crippen LogP) is 3.62. The van der Waals surface area contributed by atoms with Gasteiger partial charge < -0.3 is 4.74 Å². The van der Waals surface area contributed by atoms with Gasteiger partial charge in [0.2, 0.25) is 10.0 Å². The Labute approximate surface area is 143 Å². The van der Waals surface area contributed by atoms with Gasteiger partial charge in [-0.05, 0) is 65.7 Å². The average Bonchev–Trinajstić information content (AvgIpc) is 3.22. The summed E-state index contributed by atoms with van der Waals surface area (Å²) in [7, 11) is -3.50. The maximum atomic E-state index is 12.3. The Hall–Kier alpha value is 0.0500. The summed E-state index contributed by atoms with van der Waals surface area (Å²) in [5.74, 6) is 0.738. The van der Waals surface area contributed by atoms with E-state index in [1.54, 1.807) is 12.1 Å². The van der Waals surface area contributed by atoms with Gasteiger partial charge in [-0.1, -0.05) is 15.9 Å². The molecule has 0 amide bonds. The molecular formula is C14H19Br2NO3S. The van der Waals surface area contributed by atoms with Gasteiger partial charge >= 0.3 is 0 Å². The Morgan fingerprint density at radius 3 is 2.67 bits per heavy atom. The third kappa shape index (κ3) is 5.32. The van der Waals surface area contributed by atoms with Crippen LogP contribution >= 0.6 is 31.9 Å². The van der Waals surface area contributed by atoms with E-state index in [1.807, 2.05) is 6.92 Å². The molecule has 1 fully saturated rings. The number of nitrogens with one attached hydrogen (secondary N) is 1. The van der Waals surface area contributed by atoms with Gasteiger partial charge in [0.25, 0.3) is 0 Å². The Kier molecular flexibility index (Phi) is 6.25.